The normalized spacial score (nSPS) is 11.8. The van der Waals surface area contributed by atoms with Crippen LogP contribution in [0.1, 0.15) is 122 Å². The lowest BCUT2D eigenvalue weighted by Crippen LogP contribution is -2.42. The number of hydrogen-bond acceptors (Lipinski definition) is 3. The van der Waals surface area contributed by atoms with Crippen LogP contribution in [-0.4, -0.2) is 30.1 Å². The molecule has 0 fully saturated rings. The largest absolute Gasteiger partial charge is 0.500 e. The van der Waals surface area contributed by atoms with Gasteiger partial charge in [0.25, 0.3) is 0 Å². The molecular weight excluding hydrogens is 376 g/mol. The van der Waals surface area contributed by atoms with Crippen molar-refractivity contribution in [2.24, 2.45) is 0 Å². The predicted molar refractivity (Wildman–Crippen MR) is 130 cm³/mol. The van der Waals surface area contributed by atoms with Crippen molar-refractivity contribution in [1.29, 1.82) is 0 Å². The van der Waals surface area contributed by atoms with Crippen molar-refractivity contribution in [1.82, 2.24) is 0 Å². The molecule has 0 spiro atoms. The first kappa shape index (κ1) is 28.8. The molecule has 0 saturated carbocycles. The van der Waals surface area contributed by atoms with Gasteiger partial charge < -0.3 is 13.3 Å². The zero-order chi connectivity index (χ0) is 21.5. The summed E-state index contributed by atoms with van der Waals surface area (Å²) in [5.74, 6) is 0. The molecule has 0 bridgehead atoms. The molecule has 0 aliphatic heterocycles. The Morgan fingerprint density at radius 3 is 1.03 bits per heavy atom. The summed E-state index contributed by atoms with van der Waals surface area (Å²) >= 11 is 0. The minimum absolute atomic E-state index is 0.937. The van der Waals surface area contributed by atoms with Crippen LogP contribution in [-0.2, 0) is 13.3 Å². The Morgan fingerprint density at radius 1 is 0.483 bits per heavy atom. The maximum atomic E-state index is 5.47. The van der Waals surface area contributed by atoms with Crippen molar-refractivity contribution in [3.8, 4) is 0 Å². The molecule has 0 aliphatic rings. The molecule has 0 heterocycles. The molecule has 0 aromatic carbocycles. The van der Waals surface area contributed by atoms with E-state index in [1.54, 1.807) is 21.3 Å². The van der Waals surface area contributed by atoms with Gasteiger partial charge in [-0.3, -0.25) is 0 Å². The van der Waals surface area contributed by atoms with Crippen molar-refractivity contribution in [2.75, 3.05) is 21.3 Å². The van der Waals surface area contributed by atoms with E-state index >= 15 is 0 Å². The summed E-state index contributed by atoms with van der Waals surface area (Å²) in [7, 11) is 2.77. The summed E-state index contributed by atoms with van der Waals surface area (Å²) in [5.41, 5.74) is 0. The van der Waals surface area contributed by atoms with Gasteiger partial charge >= 0.3 is 8.80 Å². The number of unbranched alkanes of at least 4 members (excludes halogenated alkanes) is 18. The van der Waals surface area contributed by atoms with E-state index in [9.17, 15) is 0 Å². The van der Waals surface area contributed by atoms with Crippen molar-refractivity contribution in [2.45, 2.75) is 128 Å². The first-order valence-electron chi connectivity index (χ1n) is 12.5. The van der Waals surface area contributed by atoms with Crippen LogP contribution < -0.4 is 0 Å². The summed E-state index contributed by atoms with van der Waals surface area (Å²) < 4.78 is 16.4. The number of allylic oxidation sites excluding steroid dienone is 1. The molecule has 0 amide bonds. The minimum Gasteiger partial charge on any atom is -0.377 e. The van der Waals surface area contributed by atoms with Gasteiger partial charge in [0.2, 0.25) is 0 Å². The van der Waals surface area contributed by atoms with Crippen molar-refractivity contribution < 1.29 is 13.3 Å². The molecule has 0 radical (unpaired) electrons. The summed E-state index contributed by atoms with van der Waals surface area (Å²) in [6, 6.07) is 0.937. The fourth-order valence-electron chi connectivity index (χ4n) is 4.01. The summed E-state index contributed by atoms with van der Waals surface area (Å²) in [4.78, 5) is 0. The first-order valence-corrected chi connectivity index (χ1v) is 14.4. The molecule has 0 atom stereocenters. The van der Waals surface area contributed by atoms with Crippen LogP contribution in [0.25, 0.3) is 0 Å². The van der Waals surface area contributed by atoms with Crippen molar-refractivity contribution >= 4 is 8.80 Å². The molecule has 0 unspecified atom stereocenters. The molecule has 3 nitrogen and oxygen atoms in total. The highest BCUT2D eigenvalue weighted by Gasteiger charge is 2.36. The average Bonchev–Trinajstić information content (AvgIpc) is 2.75. The fraction of sp³-hybridized carbons (Fsp3) is 0.920. The maximum Gasteiger partial charge on any atom is 0.500 e. The van der Waals surface area contributed by atoms with Crippen LogP contribution in [0.4, 0.5) is 0 Å². The van der Waals surface area contributed by atoms with Crippen LogP contribution in [0.2, 0.25) is 6.04 Å². The highest BCUT2D eigenvalue weighted by molar-refractivity contribution is 6.60. The van der Waals surface area contributed by atoms with Gasteiger partial charge in [-0.2, -0.15) is 0 Å². The van der Waals surface area contributed by atoms with E-state index in [0.29, 0.717) is 0 Å². The average molecular weight is 429 g/mol. The standard InChI is InChI=1S/C25H52O3Si/c1-5-6-7-8-9-10-11-12-13-14-15-16-17-18-19-20-21-22-23-24-25-29(26-2,27-3)28-4/h5H,1,6-25H2,2-4H3. The fourth-order valence-corrected chi connectivity index (χ4v) is 5.81. The van der Waals surface area contributed by atoms with E-state index in [1.807, 2.05) is 6.08 Å². The first-order chi connectivity index (χ1) is 14.2. The molecule has 0 aromatic rings. The second-order valence-electron chi connectivity index (χ2n) is 8.49. The lowest BCUT2D eigenvalue weighted by molar-refractivity contribution is 0.122. The molecule has 0 aliphatic carbocycles. The Labute approximate surface area is 184 Å². The van der Waals surface area contributed by atoms with E-state index in [0.717, 1.165) is 12.5 Å². The SMILES string of the molecule is C=CCCCCCCCCCCCCCCCCCCCC[Si](OC)(OC)OC. The Balaban J connectivity index is 3.18. The third kappa shape index (κ3) is 18.3. The summed E-state index contributed by atoms with van der Waals surface area (Å²) in [6.07, 6.45) is 28.3. The minimum atomic E-state index is -2.33. The zero-order valence-electron chi connectivity index (χ0n) is 20.2. The number of hydrogen-bond donors (Lipinski definition) is 0. The summed E-state index contributed by atoms with van der Waals surface area (Å²) in [6.45, 7) is 3.78. The van der Waals surface area contributed by atoms with Gasteiger partial charge in [0.05, 0.1) is 0 Å². The van der Waals surface area contributed by atoms with Gasteiger partial charge in [-0.1, -0.05) is 109 Å². The molecule has 0 N–H and O–H groups in total. The van der Waals surface area contributed by atoms with Gasteiger partial charge in [-0.05, 0) is 19.3 Å². The van der Waals surface area contributed by atoms with Gasteiger partial charge in [0.1, 0.15) is 0 Å². The Bertz CT molecular complexity index is 324. The van der Waals surface area contributed by atoms with E-state index in [4.69, 9.17) is 13.3 Å². The quantitative estimate of drug-likeness (QED) is 0.0876. The van der Waals surface area contributed by atoms with Gasteiger partial charge in [0, 0.05) is 27.4 Å². The lowest BCUT2D eigenvalue weighted by atomic mass is 10.0. The smallest absolute Gasteiger partial charge is 0.377 e. The van der Waals surface area contributed by atoms with Gasteiger partial charge in [-0.25, -0.2) is 0 Å². The summed E-state index contributed by atoms with van der Waals surface area (Å²) in [5, 5.41) is 0. The highest BCUT2D eigenvalue weighted by atomic mass is 28.4. The van der Waals surface area contributed by atoms with Gasteiger partial charge in [-0.15, -0.1) is 6.58 Å². The predicted octanol–water partition coefficient (Wildman–Crippen LogP) is 8.46. The third-order valence-corrected chi connectivity index (χ3v) is 8.91. The van der Waals surface area contributed by atoms with E-state index in [-0.39, 0.29) is 0 Å². The second kappa shape index (κ2) is 22.5. The third-order valence-electron chi connectivity index (χ3n) is 6.07. The van der Waals surface area contributed by atoms with E-state index in [1.165, 1.54) is 116 Å². The molecule has 29 heavy (non-hydrogen) atoms. The van der Waals surface area contributed by atoms with Gasteiger partial charge in [0.15, 0.2) is 0 Å². The van der Waals surface area contributed by atoms with E-state index in [2.05, 4.69) is 6.58 Å². The van der Waals surface area contributed by atoms with Crippen LogP contribution in [0.15, 0.2) is 12.7 Å². The topological polar surface area (TPSA) is 27.7 Å². The highest BCUT2D eigenvalue weighted by Crippen LogP contribution is 2.19. The maximum absolute atomic E-state index is 5.47. The van der Waals surface area contributed by atoms with Crippen LogP contribution in [0.5, 0.6) is 0 Å². The Kier molecular flexibility index (Phi) is 22.4. The zero-order valence-corrected chi connectivity index (χ0v) is 21.2. The monoisotopic (exact) mass is 428 g/mol. The lowest BCUT2D eigenvalue weighted by Gasteiger charge is -2.24. The Morgan fingerprint density at radius 2 is 0.759 bits per heavy atom. The molecule has 0 rings (SSSR count). The van der Waals surface area contributed by atoms with Crippen LogP contribution in [0.3, 0.4) is 0 Å². The number of rotatable bonds is 24. The molecule has 4 heteroatoms. The van der Waals surface area contributed by atoms with Crippen LogP contribution >= 0.6 is 0 Å². The molecule has 0 aromatic heterocycles. The molecule has 0 saturated heterocycles. The van der Waals surface area contributed by atoms with Crippen LogP contribution in [0, 0.1) is 0 Å². The van der Waals surface area contributed by atoms with Crippen molar-refractivity contribution in [3.05, 3.63) is 12.7 Å². The van der Waals surface area contributed by atoms with E-state index < -0.39 is 8.80 Å². The van der Waals surface area contributed by atoms with Crippen molar-refractivity contribution in [3.63, 3.8) is 0 Å². The molecule has 174 valence electrons. The second-order valence-corrected chi connectivity index (χ2v) is 11.6. The Hall–Kier alpha value is -0.163. The molecular formula is C25H52O3Si.